The summed E-state index contributed by atoms with van der Waals surface area (Å²) in [7, 11) is 0. The molecule has 0 fully saturated rings. The molecule has 138 valence electrons. The summed E-state index contributed by atoms with van der Waals surface area (Å²) in [6.45, 7) is 5.33. The Balaban J connectivity index is 2.47. The van der Waals surface area contributed by atoms with Crippen molar-refractivity contribution < 1.29 is 29.0 Å². The maximum Gasteiger partial charge on any atom is 0.344 e. The normalized spacial score (nSPS) is 10.7. The van der Waals surface area contributed by atoms with Crippen molar-refractivity contribution in [2.24, 2.45) is 0 Å². The van der Waals surface area contributed by atoms with Crippen molar-refractivity contribution in [1.82, 2.24) is 5.32 Å². The number of benzene rings is 1. The van der Waals surface area contributed by atoms with Gasteiger partial charge < -0.3 is 25.2 Å². The number of rotatable bonds is 9. The van der Waals surface area contributed by atoms with Crippen LogP contribution < -0.4 is 15.4 Å². The van der Waals surface area contributed by atoms with Crippen LogP contribution >= 0.6 is 0 Å². The minimum absolute atomic E-state index is 0.0280. The molecule has 25 heavy (non-hydrogen) atoms. The summed E-state index contributed by atoms with van der Waals surface area (Å²) in [4.78, 5) is 33.8. The van der Waals surface area contributed by atoms with Gasteiger partial charge in [0.25, 0.3) is 0 Å². The van der Waals surface area contributed by atoms with Crippen molar-refractivity contribution >= 4 is 23.7 Å². The third-order valence-electron chi connectivity index (χ3n) is 3.19. The molecule has 0 atom stereocenters. The molecule has 1 aromatic rings. The van der Waals surface area contributed by atoms with Crippen LogP contribution in [0, 0.1) is 0 Å². The van der Waals surface area contributed by atoms with Crippen molar-refractivity contribution in [3.8, 4) is 5.75 Å². The Bertz CT molecular complexity index is 598. The van der Waals surface area contributed by atoms with E-state index in [4.69, 9.17) is 14.6 Å². The van der Waals surface area contributed by atoms with Crippen molar-refractivity contribution in [2.75, 3.05) is 18.5 Å². The van der Waals surface area contributed by atoms with Gasteiger partial charge in [-0.2, -0.15) is 0 Å². The first-order valence-electron chi connectivity index (χ1n) is 7.91. The number of hydrogen-bond acceptors (Lipinski definition) is 5. The first-order chi connectivity index (χ1) is 11.7. The van der Waals surface area contributed by atoms with E-state index in [0.717, 1.165) is 0 Å². The molecule has 0 saturated heterocycles. The van der Waals surface area contributed by atoms with Crippen LogP contribution in [0.2, 0.25) is 0 Å². The first kappa shape index (κ1) is 20.3. The molecule has 8 nitrogen and oxygen atoms in total. The van der Waals surface area contributed by atoms with E-state index in [-0.39, 0.29) is 13.0 Å². The third kappa shape index (κ3) is 8.59. The lowest BCUT2D eigenvalue weighted by atomic mass is 9.99. The number of carboxylic acids is 1. The molecule has 1 aromatic carbocycles. The van der Waals surface area contributed by atoms with Gasteiger partial charge in [-0.25, -0.2) is 9.59 Å². The van der Waals surface area contributed by atoms with E-state index in [0.29, 0.717) is 24.5 Å². The highest BCUT2D eigenvalue weighted by Crippen LogP contribution is 2.16. The predicted molar refractivity (Wildman–Crippen MR) is 91.7 cm³/mol. The number of aliphatic carboxylic acids is 1. The minimum atomic E-state index is -0.909. The number of ether oxygens (including phenoxy) is 2. The van der Waals surface area contributed by atoms with Gasteiger partial charge in [0, 0.05) is 17.6 Å². The molecule has 0 aliphatic heterocycles. The fourth-order valence-corrected chi connectivity index (χ4v) is 1.93. The van der Waals surface area contributed by atoms with E-state index >= 15 is 0 Å². The molecule has 2 amide bonds. The summed E-state index contributed by atoms with van der Waals surface area (Å²) in [5.41, 5.74) is -0.111. The fraction of sp³-hybridized carbons (Fsp3) is 0.471. The largest absolute Gasteiger partial charge is 0.482 e. The van der Waals surface area contributed by atoms with Gasteiger partial charge in [-0.05, 0) is 51.5 Å². The highest BCUT2D eigenvalue weighted by Gasteiger charge is 2.21. The standard InChI is InChI=1S/C17H24N2O6/c1-4-24-15(22)11-25-13-7-5-12(6-8-13)18-16(23)19-17(2,3)10-9-14(20)21/h5-8H,4,9-11H2,1-3H3,(H,20,21)(H2,18,19,23). The lowest BCUT2D eigenvalue weighted by molar-refractivity contribution is -0.145. The number of nitrogens with one attached hydrogen (secondary N) is 2. The maximum absolute atomic E-state index is 12.0. The summed E-state index contributed by atoms with van der Waals surface area (Å²) < 4.78 is 10.0. The van der Waals surface area contributed by atoms with E-state index < -0.39 is 23.5 Å². The highest BCUT2D eigenvalue weighted by molar-refractivity contribution is 5.89. The van der Waals surface area contributed by atoms with E-state index in [9.17, 15) is 14.4 Å². The molecule has 0 aliphatic rings. The molecular formula is C17H24N2O6. The maximum atomic E-state index is 12.0. The quantitative estimate of drug-likeness (QED) is 0.588. The SMILES string of the molecule is CCOC(=O)COc1ccc(NC(=O)NC(C)(C)CCC(=O)O)cc1. The molecule has 0 bridgehead atoms. The number of carboxylic acid groups (broad SMARTS) is 1. The van der Waals surface area contributed by atoms with Gasteiger partial charge >= 0.3 is 18.0 Å². The Kier molecular flexibility index (Phi) is 7.71. The third-order valence-corrected chi connectivity index (χ3v) is 3.19. The second-order valence-electron chi connectivity index (χ2n) is 5.97. The number of urea groups is 1. The monoisotopic (exact) mass is 352 g/mol. The lowest BCUT2D eigenvalue weighted by Gasteiger charge is -2.25. The topological polar surface area (TPSA) is 114 Å². The van der Waals surface area contributed by atoms with Gasteiger partial charge in [0.2, 0.25) is 0 Å². The summed E-state index contributed by atoms with van der Waals surface area (Å²) in [5, 5.41) is 14.1. The van der Waals surface area contributed by atoms with Gasteiger partial charge in [-0.15, -0.1) is 0 Å². The van der Waals surface area contributed by atoms with Crippen LogP contribution in [-0.2, 0) is 14.3 Å². The number of hydrogen-bond donors (Lipinski definition) is 3. The molecule has 0 aliphatic carbocycles. The average molecular weight is 352 g/mol. The molecule has 0 unspecified atom stereocenters. The fourth-order valence-electron chi connectivity index (χ4n) is 1.93. The van der Waals surface area contributed by atoms with Crippen LogP contribution in [0.3, 0.4) is 0 Å². The molecule has 3 N–H and O–H groups in total. The summed E-state index contributed by atoms with van der Waals surface area (Å²) in [5.74, 6) is -0.887. The van der Waals surface area contributed by atoms with E-state index in [2.05, 4.69) is 10.6 Å². The Labute approximate surface area is 146 Å². The zero-order valence-corrected chi connectivity index (χ0v) is 14.6. The molecule has 0 radical (unpaired) electrons. The van der Waals surface area contributed by atoms with E-state index in [1.165, 1.54) is 0 Å². The molecule has 8 heteroatoms. The number of anilines is 1. The lowest BCUT2D eigenvalue weighted by Crippen LogP contribution is -2.45. The van der Waals surface area contributed by atoms with Crippen LogP contribution in [0.25, 0.3) is 0 Å². The Hall–Kier alpha value is -2.77. The summed E-state index contributed by atoms with van der Waals surface area (Å²) >= 11 is 0. The van der Waals surface area contributed by atoms with Crippen LogP contribution in [0.4, 0.5) is 10.5 Å². The number of amides is 2. The molecule has 0 saturated carbocycles. The van der Waals surface area contributed by atoms with Crippen LogP contribution in [0.1, 0.15) is 33.6 Å². The van der Waals surface area contributed by atoms with E-state index in [1.807, 2.05) is 0 Å². The molecule has 0 spiro atoms. The summed E-state index contributed by atoms with van der Waals surface area (Å²) in [6, 6.07) is 6.05. The minimum Gasteiger partial charge on any atom is -0.482 e. The summed E-state index contributed by atoms with van der Waals surface area (Å²) in [6.07, 6.45) is 0.288. The van der Waals surface area contributed by atoms with Crippen LogP contribution in [0.15, 0.2) is 24.3 Å². The predicted octanol–water partition coefficient (Wildman–Crippen LogP) is 2.39. The van der Waals surface area contributed by atoms with Crippen LogP contribution in [-0.4, -0.2) is 41.8 Å². The van der Waals surface area contributed by atoms with Crippen molar-refractivity contribution in [3.05, 3.63) is 24.3 Å². The van der Waals surface area contributed by atoms with Gasteiger partial charge in [-0.1, -0.05) is 0 Å². The second kappa shape index (κ2) is 9.51. The Morgan fingerprint density at radius 1 is 1.16 bits per heavy atom. The van der Waals surface area contributed by atoms with E-state index in [1.54, 1.807) is 45.0 Å². The number of esters is 1. The molecule has 1 rings (SSSR count). The zero-order valence-electron chi connectivity index (χ0n) is 14.6. The van der Waals surface area contributed by atoms with Gasteiger partial charge in [0.05, 0.1) is 6.61 Å². The van der Waals surface area contributed by atoms with Crippen molar-refractivity contribution in [2.45, 2.75) is 39.2 Å². The second-order valence-corrected chi connectivity index (χ2v) is 5.97. The van der Waals surface area contributed by atoms with Crippen LogP contribution in [0.5, 0.6) is 5.75 Å². The average Bonchev–Trinajstić information content (AvgIpc) is 2.52. The number of carbonyl (C=O) groups excluding carboxylic acids is 2. The molecule has 0 heterocycles. The van der Waals surface area contributed by atoms with Crippen molar-refractivity contribution in [1.29, 1.82) is 0 Å². The molecular weight excluding hydrogens is 328 g/mol. The number of carbonyl (C=O) groups is 3. The highest BCUT2D eigenvalue weighted by atomic mass is 16.6. The van der Waals surface area contributed by atoms with Crippen molar-refractivity contribution in [3.63, 3.8) is 0 Å². The van der Waals surface area contributed by atoms with Gasteiger partial charge in [-0.3, -0.25) is 4.79 Å². The zero-order chi connectivity index (χ0) is 18.9. The Morgan fingerprint density at radius 2 is 1.80 bits per heavy atom. The Morgan fingerprint density at radius 3 is 2.36 bits per heavy atom. The molecule has 0 aromatic heterocycles. The smallest absolute Gasteiger partial charge is 0.344 e. The van der Waals surface area contributed by atoms with Gasteiger partial charge in [0.1, 0.15) is 5.75 Å². The first-order valence-corrected chi connectivity index (χ1v) is 7.91. The van der Waals surface area contributed by atoms with Gasteiger partial charge in [0.15, 0.2) is 6.61 Å².